The zero-order chi connectivity index (χ0) is 13.8. The third kappa shape index (κ3) is 3.56. The molecule has 1 fully saturated rings. The van der Waals surface area contributed by atoms with Crippen LogP contribution in [0.3, 0.4) is 0 Å². The normalized spacial score (nSPS) is 16.4. The first kappa shape index (κ1) is 14.1. The summed E-state index contributed by atoms with van der Waals surface area (Å²) in [5.74, 6) is 1.00. The van der Waals surface area contributed by atoms with Crippen LogP contribution in [-0.2, 0) is 18.4 Å². The summed E-state index contributed by atoms with van der Waals surface area (Å²) in [4.78, 5) is 18.6. The van der Waals surface area contributed by atoms with E-state index in [1.807, 2.05) is 22.7 Å². The molecule has 0 aromatic carbocycles. The zero-order valence-corrected chi connectivity index (χ0v) is 11.9. The number of aryl methyl sites for hydroxylation is 1. The number of rotatable bonds is 7. The van der Waals surface area contributed by atoms with Gasteiger partial charge in [-0.25, -0.2) is 4.98 Å². The topological polar surface area (TPSA) is 64.2 Å². The van der Waals surface area contributed by atoms with E-state index in [9.17, 15) is 4.79 Å². The molecule has 1 unspecified atom stereocenters. The Morgan fingerprint density at radius 3 is 2.89 bits per heavy atom. The van der Waals surface area contributed by atoms with Crippen LogP contribution in [0.5, 0.6) is 0 Å². The lowest BCUT2D eigenvalue weighted by molar-refractivity contribution is -0.134. The summed E-state index contributed by atoms with van der Waals surface area (Å²) in [6.07, 6.45) is 8.72. The molecule has 0 radical (unpaired) electrons. The summed E-state index contributed by atoms with van der Waals surface area (Å²) in [6, 6.07) is 0.0118. The average Bonchev–Trinajstić information content (AvgIpc) is 3.16. The fourth-order valence-electron chi connectivity index (χ4n) is 2.23. The number of aromatic nitrogens is 2. The maximum Gasteiger partial charge on any atom is 0.240 e. The molecule has 2 N–H and O–H groups in total. The highest BCUT2D eigenvalue weighted by Crippen LogP contribution is 2.28. The molecule has 0 bridgehead atoms. The first-order valence-corrected chi connectivity index (χ1v) is 7.15. The molecular formula is C14H24N4O. The molecule has 1 amide bonds. The lowest BCUT2D eigenvalue weighted by Crippen LogP contribution is -2.44. The number of nitrogens with zero attached hydrogens (tertiary/aromatic N) is 3. The Kier molecular flexibility index (Phi) is 4.58. The van der Waals surface area contributed by atoms with Crippen molar-refractivity contribution in [3.63, 3.8) is 0 Å². The molecule has 5 nitrogen and oxygen atoms in total. The van der Waals surface area contributed by atoms with E-state index in [1.54, 1.807) is 6.20 Å². The average molecular weight is 264 g/mol. The van der Waals surface area contributed by atoms with E-state index in [0.29, 0.717) is 12.6 Å². The van der Waals surface area contributed by atoms with Crippen LogP contribution in [0, 0.1) is 0 Å². The monoisotopic (exact) mass is 264 g/mol. The first-order valence-electron chi connectivity index (χ1n) is 7.15. The van der Waals surface area contributed by atoms with E-state index in [4.69, 9.17) is 5.73 Å². The molecule has 5 heteroatoms. The molecule has 2 rings (SSSR count). The molecule has 0 aliphatic heterocycles. The van der Waals surface area contributed by atoms with Crippen molar-refractivity contribution in [2.45, 2.75) is 57.7 Å². The van der Waals surface area contributed by atoms with Gasteiger partial charge in [-0.3, -0.25) is 4.79 Å². The van der Waals surface area contributed by atoms with E-state index in [2.05, 4.69) is 11.9 Å². The van der Waals surface area contributed by atoms with Gasteiger partial charge in [0.15, 0.2) is 0 Å². The van der Waals surface area contributed by atoms with Gasteiger partial charge < -0.3 is 15.2 Å². The van der Waals surface area contributed by atoms with Gasteiger partial charge in [0.1, 0.15) is 5.82 Å². The van der Waals surface area contributed by atoms with Crippen molar-refractivity contribution >= 4 is 5.91 Å². The smallest absolute Gasteiger partial charge is 0.240 e. The fraction of sp³-hybridized carbons (Fsp3) is 0.714. The highest BCUT2D eigenvalue weighted by molar-refractivity contribution is 5.82. The maximum absolute atomic E-state index is 12.4. The third-order valence-corrected chi connectivity index (χ3v) is 3.69. The Morgan fingerprint density at radius 2 is 2.37 bits per heavy atom. The predicted molar refractivity (Wildman–Crippen MR) is 74.3 cm³/mol. The highest BCUT2D eigenvalue weighted by atomic mass is 16.2. The van der Waals surface area contributed by atoms with Crippen molar-refractivity contribution in [2.24, 2.45) is 12.8 Å². The van der Waals surface area contributed by atoms with Crippen molar-refractivity contribution < 1.29 is 4.79 Å². The van der Waals surface area contributed by atoms with Crippen LogP contribution in [0.2, 0.25) is 0 Å². The number of carbonyl (C=O) groups excluding carboxylic acids is 1. The third-order valence-electron chi connectivity index (χ3n) is 3.69. The van der Waals surface area contributed by atoms with Gasteiger partial charge in [0.05, 0.1) is 12.6 Å². The zero-order valence-electron chi connectivity index (χ0n) is 11.9. The van der Waals surface area contributed by atoms with Gasteiger partial charge in [0.25, 0.3) is 0 Å². The summed E-state index contributed by atoms with van der Waals surface area (Å²) in [5, 5.41) is 0. The maximum atomic E-state index is 12.4. The van der Waals surface area contributed by atoms with E-state index in [0.717, 1.165) is 37.9 Å². The quantitative estimate of drug-likeness (QED) is 0.810. The molecular weight excluding hydrogens is 240 g/mol. The van der Waals surface area contributed by atoms with E-state index >= 15 is 0 Å². The number of amides is 1. The second-order valence-corrected chi connectivity index (χ2v) is 5.40. The van der Waals surface area contributed by atoms with Gasteiger partial charge in [-0.2, -0.15) is 0 Å². The minimum absolute atomic E-state index is 0.0824. The summed E-state index contributed by atoms with van der Waals surface area (Å²) in [5.41, 5.74) is 6.02. The number of carbonyl (C=O) groups is 1. The second kappa shape index (κ2) is 6.19. The minimum atomic E-state index is -0.360. The van der Waals surface area contributed by atoms with E-state index in [-0.39, 0.29) is 11.9 Å². The Labute approximate surface area is 114 Å². The van der Waals surface area contributed by atoms with E-state index in [1.165, 1.54) is 0 Å². The molecule has 0 saturated heterocycles. The van der Waals surface area contributed by atoms with Crippen LogP contribution >= 0.6 is 0 Å². The molecule has 19 heavy (non-hydrogen) atoms. The van der Waals surface area contributed by atoms with Crippen molar-refractivity contribution in [1.29, 1.82) is 0 Å². The number of hydrogen-bond acceptors (Lipinski definition) is 3. The van der Waals surface area contributed by atoms with Gasteiger partial charge in [-0.15, -0.1) is 0 Å². The molecule has 0 spiro atoms. The van der Waals surface area contributed by atoms with Gasteiger partial charge in [0, 0.05) is 25.5 Å². The largest absolute Gasteiger partial charge is 0.337 e. The van der Waals surface area contributed by atoms with Crippen LogP contribution in [0.1, 0.15) is 44.9 Å². The summed E-state index contributed by atoms with van der Waals surface area (Å²) < 4.78 is 1.96. The summed E-state index contributed by atoms with van der Waals surface area (Å²) in [6.45, 7) is 2.69. The lowest BCUT2D eigenvalue weighted by Gasteiger charge is -2.25. The van der Waals surface area contributed by atoms with Gasteiger partial charge >= 0.3 is 0 Å². The van der Waals surface area contributed by atoms with Crippen molar-refractivity contribution in [2.75, 3.05) is 0 Å². The van der Waals surface area contributed by atoms with Crippen LogP contribution in [-0.4, -0.2) is 32.4 Å². The van der Waals surface area contributed by atoms with Crippen LogP contribution in [0.4, 0.5) is 0 Å². The molecule has 1 aliphatic rings. The molecule has 1 aromatic heterocycles. The number of imidazole rings is 1. The van der Waals surface area contributed by atoms with Gasteiger partial charge in [-0.05, 0) is 19.3 Å². The van der Waals surface area contributed by atoms with Crippen molar-refractivity contribution in [3.05, 3.63) is 18.2 Å². The Hall–Kier alpha value is -1.36. The first-order chi connectivity index (χ1) is 9.13. The SMILES string of the molecule is CCCCC(N)C(=O)N(Cc1nccn1C)C1CC1. The van der Waals surface area contributed by atoms with Crippen LogP contribution in [0.25, 0.3) is 0 Å². The lowest BCUT2D eigenvalue weighted by atomic mass is 10.1. The number of nitrogens with two attached hydrogens (primary N) is 1. The summed E-state index contributed by atoms with van der Waals surface area (Å²) in [7, 11) is 1.95. The molecule has 1 aliphatic carbocycles. The number of hydrogen-bond donors (Lipinski definition) is 1. The second-order valence-electron chi connectivity index (χ2n) is 5.40. The van der Waals surface area contributed by atoms with Crippen molar-refractivity contribution in [1.82, 2.24) is 14.5 Å². The highest BCUT2D eigenvalue weighted by Gasteiger charge is 2.35. The Morgan fingerprint density at radius 1 is 1.63 bits per heavy atom. The van der Waals surface area contributed by atoms with Gasteiger partial charge in [0.2, 0.25) is 5.91 Å². The Balaban J connectivity index is 1.99. The van der Waals surface area contributed by atoms with Crippen LogP contribution in [0.15, 0.2) is 12.4 Å². The minimum Gasteiger partial charge on any atom is -0.337 e. The van der Waals surface area contributed by atoms with Gasteiger partial charge in [-0.1, -0.05) is 19.8 Å². The summed E-state index contributed by atoms with van der Waals surface area (Å²) >= 11 is 0. The number of unbranched alkanes of at least 4 members (excludes halogenated alkanes) is 1. The molecule has 1 heterocycles. The van der Waals surface area contributed by atoms with Crippen molar-refractivity contribution in [3.8, 4) is 0 Å². The Bertz CT molecular complexity index is 425. The molecule has 106 valence electrons. The molecule has 1 atom stereocenters. The predicted octanol–water partition coefficient (Wildman–Crippen LogP) is 1.43. The molecule has 1 aromatic rings. The standard InChI is InChI=1S/C14H24N4O/c1-3-4-5-12(15)14(19)18(11-6-7-11)10-13-16-8-9-17(13)2/h8-9,11-12H,3-7,10,15H2,1-2H3. The van der Waals surface area contributed by atoms with E-state index < -0.39 is 0 Å². The fourth-order valence-corrected chi connectivity index (χ4v) is 2.23. The molecule has 1 saturated carbocycles. The van der Waals surface area contributed by atoms with Crippen LogP contribution < -0.4 is 5.73 Å².